The molecule has 2 aliphatic rings. The maximum Gasteiger partial charge on any atom is 0.289 e. The van der Waals surface area contributed by atoms with Crippen LogP contribution in [0.3, 0.4) is 0 Å². The van der Waals surface area contributed by atoms with Gasteiger partial charge in [-0.2, -0.15) is 0 Å². The highest BCUT2D eigenvalue weighted by Gasteiger charge is 2.27. The molecule has 1 atom stereocenters. The number of hydrogen-bond acceptors (Lipinski definition) is 4. The molecular formula is C24H32N2O3. The molecule has 4 rings (SSSR count). The van der Waals surface area contributed by atoms with E-state index in [9.17, 15) is 4.79 Å². The lowest BCUT2D eigenvalue weighted by atomic mass is 9.97. The van der Waals surface area contributed by atoms with Gasteiger partial charge in [0.1, 0.15) is 11.9 Å². The number of rotatable bonds is 6. The number of aryl methyl sites for hydroxylation is 1. The summed E-state index contributed by atoms with van der Waals surface area (Å²) in [5, 5.41) is 0. The SMILES string of the molecule is CCN(C[C@@H]1OCCc2ccccc21)C(=O)c1cc(CN2CCCCC2)c(C)o1. The van der Waals surface area contributed by atoms with Crippen molar-refractivity contribution in [1.82, 2.24) is 9.80 Å². The zero-order chi connectivity index (χ0) is 20.2. The van der Waals surface area contributed by atoms with Crippen LogP contribution in [0.4, 0.5) is 0 Å². The van der Waals surface area contributed by atoms with Gasteiger partial charge in [0.25, 0.3) is 5.91 Å². The molecule has 1 fully saturated rings. The van der Waals surface area contributed by atoms with Gasteiger partial charge >= 0.3 is 0 Å². The highest BCUT2D eigenvalue weighted by atomic mass is 16.5. The molecule has 156 valence electrons. The minimum absolute atomic E-state index is 0.0489. The Labute approximate surface area is 173 Å². The topological polar surface area (TPSA) is 45.9 Å². The van der Waals surface area contributed by atoms with Crippen molar-refractivity contribution < 1.29 is 13.9 Å². The Morgan fingerprint density at radius 3 is 2.79 bits per heavy atom. The van der Waals surface area contributed by atoms with Crippen LogP contribution >= 0.6 is 0 Å². The summed E-state index contributed by atoms with van der Waals surface area (Å²) in [6.07, 6.45) is 4.70. The summed E-state index contributed by atoms with van der Waals surface area (Å²) in [4.78, 5) is 17.5. The molecule has 0 bridgehead atoms. The van der Waals surface area contributed by atoms with Crippen molar-refractivity contribution in [3.63, 3.8) is 0 Å². The first-order chi connectivity index (χ1) is 14.2. The Kier molecular flexibility index (Phi) is 6.36. The van der Waals surface area contributed by atoms with Crippen molar-refractivity contribution in [2.75, 3.05) is 32.8 Å². The number of carbonyl (C=O) groups excluding carboxylic acids is 1. The second-order valence-electron chi connectivity index (χ2n) is 8.18. The van der Waals surface area contributed by atoms with E-state index in [1.54, 1.807) is 0 Å². The van der Waals surface area contributed by atoms with Crippen LogP contribution in [0.5, 0.6) is 0 Å². The van der Waals surface area contributed by atoms with Gasteiger partial charge in [0.2, 0.25) is 0 Å². The van der Waals surface area contributed by atoms with Gasteiger partial charge in [0.15, 0.2) is 5.76 Å². The fraction of sp³-hybridized carbons (Fsp3) is 0.542. The summed E-state index contributed by atoms with van der Waals surface area (Å²) < 4.78 is 11.9. The van der Waals surface area contributed by atoms with E-state index in [1.165, 1.54) is 30.4 Å². The van der Waals surface area contributed by atoms with E-state index in [0.29, 0.717) is 25.5 Å². The van der Waals surface area contributed by atoms with Crippen molar-refractivity contribution in [1.29, 1.82) is 0 Å². The predicted octanol–water partition coefficient (Wildman–Crippen LogP) is 4.35. The molecule has 0 saturated carbocycles. The lowest BCUT2D eigenvalue weighted by Gasteiger charge is -2.30. The summed E-state index contributed by atoms with van der Waals surface area (Å²) in [6, 6.07) is 10.3. The minimum atomic E-state index is -0.0762. The normalized spacial score (nSPS) is 19.7. The van der Waals surface area contributed by atoms with Gasteiger partial charge in [-0.1, -0.05) is 30.7 Å². The third-order valence-corrected chi connectivity index (χ3v) is 6.22. The largest absolute Gasteiger partial charge is 0.456 e. The van der Waals surface area contributed by atoms with Crippen LogP contribution in [0.15, 0.2) is 34.7 Å². The van der Waals surface area contributed by atoms with Crippen LogP contribution in [0.25, 0.3) is 0 Å². The first-order valence-corrected chi connectivity index (χ1v) is 11.0. The molecule has 1 amide bonds. The van der Waals surface area contributed by atoms with E-state index >= 15 is 0 Å². The second-order valence-corrected chi connectivity index (χ2v) is 8.18. The number of likely N-dealkylation sites (tertiary alicyclic amines) is 1. The maximum atomic E-state index is 13.2. The van der Waals surface area contributed by atoms with Gasteiger partial charge in [-0.25, -0.2) is 0 Å². The standard InChI is InChI=1S/C24H32N2O3/c1-3-26(17-23-21-10-6-5-9-19(21)11-14-28-23)24(27)22-15-20(18(2)29-22)16-25-12-7-4-8-13-25/h5-6,9-10,15,23H,3-4,7-8,11-14,16-17H2,1-2H3/t23-/m0/s1. The van der Waals surface area contributed by atoms with Crippen LogP contribution in [-0.2, 0) is 17.7 Å². The molecule has 3 heterocycles. The molecule has 1 aromatic heterocycles. The molecule has 5 nitrogen and oxygen atoms in total. The smallest absolute Gasteiger partial charge is 0.289 e. The average Bonchev–Trinajstić information content (AvgIpc) is 3.12. The van der Waals surface area contributed by atoms with Crippen molar-refractivity contribution in [2.45, 2.75) is 52.2 Å². The molecule has 0 radical (unpaired) electrons. The number of ether oxygens (including phenoxy) is 1. The van der Waals surface area contributed by atoms with Crippen molar-refractivity contribution in [2.24, 2.45) is 0 Å². The van der Waals surface area contributed by atoms with Gasteiger partial charge in [0, 0.05) is 18.7 Å². The second kappa shape index (κ2) is 9.14. The Bertz CT molecular complexity index is 838. The van der Waals surface area contributed by atoms with E-state index in [1.807, 2.05) is 30.9 Å². The van der Waals surface area contributed by atoms with Crippen LogP contribution in [0, 0.1) is 6.92 Å². The number of carbonyl (C=O) groups is 1. The first-order valence-electron chi connectivity index (χ1n) is 11.0. The van der Waals surface area contributed by atoms with Crippen molar-refractivity contribution in [3.05, 3.63) is 58.5 Å². The zero-order valence-electron chi connectivity index (χ0n) is 17.7. The predicted molar refractivity (Wildman–Crippen MR) is 113 cm³/mol. The molecular weight excluding hydrogens is 364 g/mol. The maximum absolute atomic E-state index is 13.2. The quantitative estimate of drug-likeness (QED) is 0.728. The number of benzene rings is 1. The molecule has 0 aliphatic carbocycles. The van der Waals surface area contributed by atoms with Crippen molar-refractivity contribution in [3.8, 4) is 0 Å². The summed E-state index contributed by atoms with van der Waals surface area (Å²) in [5.41, 5.74) is 3.65. The van der Waals surface area contributed by atoms with Gasteiger partial charge in [-0.3, -0.25) is 9.69 Å². The summed E-state index contributed by atoms with van der Waals surface area (Å²) in [5.74, 6) is 1.25. The molecule has 1 saturated heterocycles. The van der Waals surface area contributed by atoms with Crippen LogP contribution in [0.2, 0.25) is 0 Å². The monoisotopic (exact) mass is 396 g/mol. The summed E-state index contributed by atoms with van der Waals surface area (Å²) >= 11 is 0. The van der Waals surface area contributed by atoms with Gasteiger partial charge in [-0.05, 0) is 63.4 Å². The Balaban J connectivity index is 1.46. The molecule has 5 heteroatoms. The lowest BCUT2D eigenvalue weighted by Crippen LogP contribution is -2.36. The molecule has 0 N–H and O–H groups in total. The first kappa shape index (κ1) is 20.2. The Hall–Kier alpha value is -2.11. The van der Waals surface area contributed by atoms with E-state index in [-0.39, 0.29) is 12.0 Å². The molecule has 1 aromatic carbocycles. The summed E-state index contributed by atoms with van der Waals surface area (Å²) in [7, 11) is 0. The highest BCUT2D eigenvalue weighted by Crippen LogP contribution is 2.28. The third kappa shape index (κ3) is 4.57. The number of fused-ring (bicyclic) bond motifs is 1. The lowest BCUT2D eigenvalue weighted by molar-refractivity contribution is 0.0154. The third-order valence-electron chi connectivity index (χ3n) is 6.22. The fourth-order valence-electron chi connectivity index (χ4n) is 4.48. The molecule has 0 unspecified atom stereocenters. The fourth-order valence-corrected chi connectivity index (χ4v) is 4.48. The molecule has 0 spiro atoms. The van der Waals surface area contributed by atoms with Gasteiger partial charge in [-0.15, -0.1) is 0 Å². The Morgan fingerprint density at radius 1 is 1.21 bits per heavy atom. The van der Waals surface area contributed by atoms with Gasteiger partial charge in [0.05, 0.1) is 13.2 Å². The number of likely N-dealkylation sites (N-methyl/N-ethyl adjacent to an activating group) is 1. The summed E-state index contributed by atoms with van der Waals surface area (Å²) in [6.45, 7) is 8.99. The van der Waals surface area contributed by atoms with Crippen LogP contribution in [0.1, 0.15) is 65.3 Å². The highest BCUT2D eigenvalue weighted by molar-refractivity contribution is 5.91. The zero-order valence-corrected chi connectivity index (χ0v) is 17.7. The van der Waals surface area contributed by atoms with E-state index in [2.05, 4.69) is 23.1 Å². The van der Waals surface area contributed by atoms with Crippen LogP contribution < -0.4 is 0 Å². The molecule has 2 aromatic rings. The number of nitrogens with zero attached hydrogens (tertiary/aromatic N) is 2. The number of piperidine rings is 1. The Morgan fingerprint density at radius 2 is 2.00 bits per heavy atom. The molecule has 29 heavy (non-hydrogen) atoms. The number of furan rings is 1. The molecule has 2 aliphatic heterocycles. The number of hydrogen-bond donors (Lipinski definition) is 0. The van der Waals surface area contributed by atoms with Crippen molar-refractivity contribution >= 4 is 5.91 Å². The number of amides is 1. The van der Waals surface area contributed by atoms with Crippen LogP contribution in [-0.4, -0.2) is 48.5 Å². The van der Waals surface area contributed by atoms with E-state index in [4.69, 9.17) is 9.15 Å². The average molecular weight is 397 g/mol. The van der Waals surface area contributed by atoms with Gasteiger partial charge < -0.3 is 14.1 Å². The van der Waals surface area contributed by atoms with E-state index < -0.39 is 0 Å². The van der Waals surface area contributed by atoms with E-state index in [0.717, 1.165) is 37.4 Å². The minimum Gasteiger partial charge on any atom is -0.456 e.